The van der Waals surface area contributed by atoms with Gasteiger partial charge in [0, 0.05) is 27.3 Å². The van der Waals surface area contributed by atoms with Gasteiger partial charge in [-0.1, -0.05) is 166 Å². The zero-order valence-corrected chi connectivity index (χ0v) is 29.1. The first-order valence-corrected chi connectivity index (χ1v) is 18.2. The zero-order valence-electron chi connectivity index (χ0n) is 29.1. The summed E-state index contributed by atoms with van der Waals surface area (Å²) in [5, 5.41) is 9.85. The number of para-hydroxylation sites is 2. The molecule has 52 heavy (non-hydrogen) atoms. The van der Waals surface area contributed by atoms with Crippen LogP contribution in [0.5, 0.6) is 0 Å². The van der Waals surface area contributed by atoms with Crippen molar-refractivity contribution >= 4 is 54.3 Å². The minimum atomic E-state index is -0.0712. The summed E-state index contributed by atoms with van der Waals surface area (Å²) in [5.74, 6) is 0. The van der Waals surface area contributed by atoms with Gasteiger partial charge in [-0.3, -0.25) is 0 Å². The zero-order chi connectivity index (χ0) is 34.6. The summed E-state index contributed by atoms with van der Waals surface area (Å²) in [6.07, 6.45) is 0. The van der Waals surface area contributed by atoms with Crippen LogP contribution in [0.4, 0.5) is 0 Å². The average Bonchev–Trinajstić information content (AvgIpc) is 3.69. The lowest BCUT2D eigenvalue weighted by Gasteiger charge is -2.23. The van der Waals surface area contributed by atoms with Gasteiger partial charge in [-0.05, 0) is 95.0 Å². The predicted octanol–water partition coefficient (Wildman–Crippen LogP) is 14.4. The molecule has 1 aliphatic rings. The number of furan rings is 1. The Morgan fingerprint density at radius 2 is 0.981 bits per heavy atom. The topological polar surface area (TPSA) is 13.1 Å². The molecule has 0 unspecified atom stereocenters. The van der Waals surface area contributed by atoms with E-state index in [-0.39, 0.29) is 5.41 Å². The maximum Gasteiger partial charge on any atom is 0.143 e. The summed E-state index contributed by atoms with van der Waals surface area (Å²) >= 11 is 0. The summed E-state index contributed by atoms with van der Waals surface area (Å²) in [6.45, 7) is 4.75. The molecule has 0 saturated heterocycles. The van der Waals surface area contributed by atoms with E-state index in [1.165, 1.54) is 82.4 Å². The van der Waals surface area contributed by atoms with Crippen molar-refractivity contribution in [1.82, 2.24) is 0 Å². The summed E-state index contributed by atoms with van der Waals surface area (Å²) in [6, 6.07) is 62.3. The van der Waals surface area contributed by atoms with Crippen LogP contribution in [-0.4, -0.2) is 0 Å². The van der Waals surface area contributed by atoms with Crippen LogP contribution in [0.3, 0.4) is 0 Å². The second-order valence-electron chi connectivity index (χ2n) is 14.8. The van der Waals surface area contributed by atoms with Gasteiger partial charge >= 0.3 is 0 Å². The van der Waals surface area contributed by atoms with E-state index in [9.17, 15) is 0 Å². The molecule has 9 aromatic carbocycles. The number of hydrogen-bond acceptors (Lipinski definition) is 1. The fourth-order valence-corrected chi connectivity index (χ4v) is 9.32. The van der Waals surface area contributed by atoms with E-state index < -0.39 is 0 Å². The molecule has 1 heteroatoms. The highest BCUT2D eigenvalue weighted by atomic mass is 16.3. The summed E-state index contributed by atoms with van der Waals surface area (Å²) in [7, 11) is 0. The highest BCUT2D eigenvalue weighted by molar-refractivity contribution is 6.24. The lowest BCUT2D eigenvalue weighted by Crippen LogP contribution is -2.15. The second kappa shape index (κ2) is 10.8. The quantitative estimate of drug-likeness (QED) is 0.172. The van der Waals surface area contributed by atoms with E-state index in [0.717, 1.165) is 27.5 Å². The number of fused-ring (bicyclic) bond motifs is 10. The molecule has 1 aromatic heterocycles. The average molecular weight is 663 g/mol. The molecule has 0 N–H and O–H groups in total. The maximum atomic E-state index is 6.60. The van der Waals surface area contributed by atoms with Gasteiger partial charge in [0.1, 0.15) is 11.2 Å². The largest absolute Gasteiger partial charge is 0.455 e. The van der Waals surface area contributed by atoms with Crippen LogP contribution in [-0.2, 0) is 5.41 Å². The van der Waals surface area contributed by atoms with Crippen LogP contribution >= 0.6 is 0 Å². The Kier molecular flexibility index (Phi) is 6.08. The molecular weight excluding hydrogens is 629 g/mol. The van der Waals surface area contributed by atoms with E-state index in [1.807, 2.05) is 6.07 Å². The van der Waals surface area contributed by atoms with Crippen molar-refractivity contribution in [2.75, 3.05) is 0 Å². The van der Waals surface area contributed by atoms with Crippen molar-refractivity contribution < 1.29 is 4.42 Å². The van der Waals surface area contributed by atoms with Gasteiger partial charge in [0.25, 0.3) is 0 Å². The third-order valence-electron chi connectivity index (χ3n) is 11.6. The smallest absolute Gasteiger partial charge is 0.143 e. The SMILES string of the molecule is CC1(C)c2ccc(-c3cccc(-c4c5ccccc5c(-c5cccc6c5oc5ccccc56)c5ccccc45)c3)cc2-c2ccc3ccccc3c21. The number of benzene rings is 9. The van der Waals surface area contributed by atoms with Crippen molar-refractivity contribution in [3.05, 3.63) is 181 Å². The summed E-state index contributed by atoms with van der Waals surface area (Å²) in [4.78, 5) is 0. The molecule has 0 saturated carbocycles. The molecule has 1 nitrogen and oxygen atoms in total. The highest BCUT2D eigenvalue weighted by Crippen LogP contribution is 2.52. The van der Waals surface area contributed by atoms with Crippen molar-refractivity contribution in [3.63, 3.8) is 0 Å². The lowest BCUT2D eigenvalue weighted by molar-refractivity contribution is 0.666. The van der Waals surface area contributed by atoms with Crippen molar-refractivity contribution in [3.8, 4) is 44.5 Å². The van der Waals surface area contributed by atoms with Crippen LogP contribution in [0.1, 0.15) is 25.0 Å². The van der Waals surface area contributed by atoms with E-state index in [4.69, 9.17) is 4.42 Å². The monoisotopic (exact) mass is 662 g/mol. The van der Waals surface area contributed by atoms with Crippen molar-refractivity contribution in [1.29, 1.82) is 0 Å². The van der Waals surface area contributed by atoms with Gasteiger partial charge in [0.2, 0.25) is 0 Å². The van der Waals surface area contributed by atoms with Gasteiger partial charge in [-0.25, -0.2) is 0 Å². The van der Waals surface area contributed by atoms with E-state index in [0.29, 0.717) is 0 Å². The molecule has 0 radical (unpaired) electrons. The molecule has 0 bridgehead atoms. The van der Waals surface area contributed by atoms with Gasteiger partial charge in [0.05, 0.1) is 0 Å². The van der Waals surface area contributed by atoms with Gasteiger partial charge in [-0.2, -0.15) is 0 Å². The fourth-order valence-electron chi connectivity index (χ4n) is 9.32. The van der Waals surface area contributed by atoms with Crippen molar-refractivity contribution in [2.45, 2.75) is 19.3 Å². The normalized spacial score (nSPS) is 13.3. The molecule has 0 amide bonds. The Hall–Kier alpha value is -6.44. The minimum absolute atomic E-state index is 0.0712. The highest BCUT2D eigenvalue weighted by Gasteiger charge is 2.37. The van der Waals surface area contributed by atoms with Crippen LogP contribution in [0, 0.1) is 0 Å². The summed E-state index contributed by atoms with van der Waals surface area (Å²) < 4.78 is 6.60. The molecule has 0 spiro atoms. The molecule has 0 atom stereocenters. The molecule has 1 heterocycles. The first-order chi connectivity index (χ1) is 25.6. The first-order valence-electron chi connectivity index (χ1n) is 18.2. The Morgan fingerprint density at radius 3 is 1.75 bits per heavy atom. The summed E-state index contributed by atoms with van der Waals surface area (Å²) in [5.41, 5.74) is 14.6. The van der Waals surface area contributed by atoms with Gasteiger partial charge in [0.15, 0.2) is 0 Å². The van der Waals surface area contributed by atoms with E-state index >= 15 is 0 Å². The Morgan fingerprint density at radius 1 is 0.385 bits per heavy atom. The standard InChI is InChI=1S/C51H34O/c1-51(2)45-28-26-33(30-44(45)41-27-25-31-13-3-4-16-35(31)49(41)51)32-14-11-15-34(29-32)47-37-18-5-7-20-39(37)48(40-21-8-6-19-38(40)47)43-23-12-22-42-36-17-9-10-24-46(36)52-50(42)43/h3-30H,1-2H3. The van der Waals surface area contributed by atoms with Crippen LogP contribution in [0.25, 0.3) is 98.8 Å². The molecule has 10 aromatic rings. The molecule has 11 rings (SSSR count). The van der Waals surface area contributed by atoms with Gasteiger partial charge in [-0.15, -0.1) is 0 Å². The molecule has 0 fully saturated rings. The second-order valence-corrected chi connectivity index (χ2v) is 14.8. The Labute approximate surface area is 302 Å². The van der Waals surface area contributed by atoms with E-state index in [1.54, 1.807) is 0 Å². The first kappa shape index (κ1) is 29.3. The Bertz CT molecular complexity index is 3040. The number of rotatable bonds is 3. The third-order valence-corrected chi connectivity index (χ3v) is 11.6. The Balaban J connectivity index is 1.12. The molecule has 0 aliphatic heterocycles. The van der Waals surface area contributed by atoms with Crippen LogP contribution in [0.15, 0.2) is 174 Å². The van der Waals surface area contributed by atoms with Crippen LogP contribution in [0.2, 0.25) is 0 Å². The number of hydrogen-bond donors (Lipinski definition) is 0. The third kappa shape index (κ3) is 4.05. The maximum absolute atomic E-state index is 6.60. The lowest BCUT2D eigenvalue weighted by atomic mass is 9.80. The van der Waals surface area contributed by atoms with Crippen molar-refractivity contribution in [2.24, 2.45) is 0 Å². The molecule has 244 valence electrons. The van der Waals surface area contributed by atoms with E-state index in [2.05, 4.69) is 178 Å². The fraction of sp³-hybridized carbons (Fsp3) is 0.0588. The molecular formula is C51H34O. The molecule has 1 aliphatic carbocycles. The van der Waals surface area contributed by atoms with Crippen LogP contribution < -0.4 is 0 Å². The van der Waals surface area contributed by atoms with Gasteiger partial charge < -0.3 is 4.42 Å². The predicted molar refractivity (Wildman–Crippen MR) is 220 cm³/mol. The minimum Gasteiger partial charge on any atom is -0.455 e.